The zero-order valence-electron chi connectivity index (χ0n) is 15.2. The van der Waals surface area contributed by atoms with E-state index < -0.39 is 29.3 Å². The molecule has 0 saturated carbocycles. The highest BCUT2D eigenvalue weighted by Crippen LogP contribution is 2.50. The maximum atomic E-state index is 13.2. The molecule has 0 aliphatic carbocycles. The van der Waals surface area contributed by atoms with Gasteiger partial charge in [-0.05, 0) is 30.3 Å². The molecule has 1 fully saturated rings. The van der Waals surface area contributed by atoms with Crippen molar-refractivity contribution < 1.29 is 35.8 Å². The van der Waals surface area contributed by atoms with Crippen LogP contribution in [-0.2, 0) is 5.60 Å². The van der Waals surface area contributed by atoms with Crippen LogP contribution in [0.5, 0.6) is 0 Å². The monoisotopic (exact) mass is 421 g/mol. The summed E-state index contributed by atoms with van der Waals surface area (Å²) in [6.07, 6.45) is -11.8. The molecule has 2 aromatic rings. The molecule has 2 unspecified atom stereocenters. The van der Waals surface area contributed by atoms with Crippen LogP contribution in [0.4, 0.5) is 30.7 Å². The Bertz CT molecular complexity index is 829. The van der Waals surface area contributed by atoms with E-state index in [0.29, 0.717) is 30.8 Å². The van der Waals surface area contributed by atoms with E-state index in [9.17, 15) is 35.8 Å². The minimum absolute atomic E-state index is 0.101. The number of likely N-dealkylation sites (N-methyl/N-ethyl adjacent to an activating group) is 1. The van der Waals surface area contributed by atoms with Crippen molar-refractivity contribution in [3.05, 3.63) is 71.0 Å². The minimum atomic E-state index is -5.92. The molecule has 1 aliphatic heterocycles. The number of alkyl halides is 6. The normalized spacial score (nSPS) is 21.6. The number of aliphatic hydroxyl groups is 1. The zero-order valence-corrected chi connectivity index (χ0v) is 15.2. The van der Waals surface area contributed by atoms with Gasteiger partial charge in [-0.25, -0.2) is 4.39 Å². The lowest BCUT2D eigenvalue weighted by Gasteiger charge is -2.33. The van der Waals surface area contributed by atoms with Crippen LogP contribution in [0.3, 0.4) is 0 Å². The maximum absolute atomic E-state index is 13.2. The predicted molar refractivity (Wildman–Crippen MR) is 91.8 cm³/mol. The van der Waals surface area contributed by atoms with E-state index in [1.54, 1.807) is 12.1 Å². The Balaban J connectivity index is 1.95. The van der Waals surface area contributed by atoms with Crippen LogP contribution in [0.2, 0.25) is 0 Å². The van der Waals surface area contributed by atoms with Gasteiger partial charge in [0.1, 0.15) is 5.82 Å². The Morgan fingerprint density at radius 3 is 1.52 bits per heavy atom. The molecule has 9 heteroatoms. The van der Waals surface area contributed by atoms with Crippen molar-refractivity contribution in [3.8, 4) is 0 Å². The van der Waals surface area contributed by atoms with E-state index in [1.165, 1.54) is 24.3 Å². The first-order chi connectivity index (χ1) is 13.3. The van der Waals surface area contributed by atoms with Gasteiger partial charge in [-0.3, -0.25) is 0 Å². The Morgan fingerprint density at radius 1 is 0.759 bits per heavy atom. The van der Waals surface area contributed by atoms with Gasteiger partial charge in [-0.15, -0.1) is 0 Å². The number of likely N-dealkylation sites (tertiary alicyclic amines) is 1. The Hall–Kier alpha value is -2.13. The lowest BCUT2D eigenvalue weighted by atomic mass is 9.82. The third-order valence-corrected chi connectivity index (χ3v) is 5.38. The van der Waals surface area contributed by atoms with Gasteiger partial charge in [0.2, 0.25) is 0 Å². The van der Waals surface area contributed by atoms with Gasteiger partial charge in [-0.1, -0.05) is 36.4 Å². The van der Waals surface area contributed by atoms with Crippen molar-refractivity contribution >= 4 is 0 Å². The van der Waals surface area contributed by atoms with Gasteiger partial charge in [0, 0.05) is 30.5 Å². The molecular formula is C20H18F7NO. The Kier molecular flexibility index (Phi) is 5.42. The largest absolute Gasteiger partial charge is 0.430 e. The second-order valence-corrected chi connectivity index (χ2v) is 7.31. The van der Waals surface area contributed by atoms with E-state index in [1.807, 2.05) is 11.9 Å². The summed E-state index contributed by atoms with van der Waals surface area (Å²) in [7, 11) is 1.84. The van der Waals surface area contributed by atoms with Crippen LogP contribution in [0.15, 0.2) is 48.5 Å². The fourth-order valence-corrected chi connectivity index (χ4v) is 3.85. The van der Waals surface area contributed by atoms with E-state index in [0.717, 1.165) is 5.56 Å². The van der Waals surface area contributed by atoms with E-state index in [2.05, 4.69) is 0 Å². The fourth-order valence-electron chi connectivity index (χ4n) is 3.85. The number of nitrogens with zero attached hydrogens (tertiary/aromatic N) is 1. The molecule has 1 aliphatic rings. The lowest BCUT2D eigenvalue weighted by Crippen LogP contribution is -2.53. The van der Waals surface area contributed by atoms with Crippen LogP contribution >= 0.6 is 0 Å². The number of benzene rings is 2. The van der Waals surface area contributed by atoms with Crippen LogP contribution in [-0.4, -0.2) is 42.5 Å². The van der Waals surface area contributed by atoms with Crippen molar-refractivity contribution in [2.24, 2.45) is 0 Å². The number of hydrogen-bond acceptors (Lipinski definition) is 2. The summed E-state index contributed by atoms with van der Waals surface area (Å²) < 4.78 is 91.5. The molecule has 0 radical (unpaired) electrons. The smallest absolute Gasteiger partial charge is 0.369 e. The predicted octanol–water partition coefficient (Wildman–Crippen LogP) is 4.95. The van der Waals surface area contributed by atoms with Crippen molar-refractivity contribution in [1.29, 1.82) is 0 Å². The van der Waals surface area contributed by atoms with Crippen LogP contribution in [0, 0.1) is 5.82 Å². The second-order valence-electron chi connectivity index (χ2n) is 7.31. The Morgan fingerprint density at radius 2 is 1.14 bits per heavy atom. The van der Waals surface area contributed by atoms with Gasteiger partial charge < -0.3 is 10.0 Å². The van der Waals surface area contributed by atoms with Crippen LogP contribution in [0.25, 0.3) is 0 Å². The Labute approximate surface area is 162 Å². The third kappa shape index (κ3) is 3.85. The van der Waals surface area contributed by atoms with E-state index >= 15 is 0 Å². The number of hydrogen-bond donors (Lipinski definition) is 1. The molecule has 2 aromatic carbocycles. The summed E-state index contributed by atoms with van der Waals surface area (Å²) in [5.74, 6) is -0.709. The molecule has 1 heterocycles. The average molecular weight is 421 g/mol. The van der Waals surface area contributed by atoms with Gasteiger partial charge in [0.15, 0.2) is 0 Å². The van der Waals surface area contributed by atoms with Gasteiger partial charge in [-0.2, -0.15) is 26.3 Å². The molecule has 0 amide bonds. The molecular weight excluding hydrogens is 403 g/mol. The average Bonchev–Trinajstić information content (AvgIpc) is 3.01. The SMILES string of the molecule is CN1CC(c2ccc(F)cc2)C(c2ccc(C(O)(C(F)(F)F)C(F)(F)F)cc2)C1. The summed E-state index contributed by atoms with van der Waals surface area (Å²) >= 11 is 0. The highest BCUT2D eigenvalue weighted by atomic mass is 19.4. The molecule has 2 nitrogen and oxygen atoms in total. The topological polar surface area (TPSA) is 23.5 Å². The van der Waals surface area contributed by atoms with Crippen molar-refractivity contribution in [2.45, 2.75) is 29.8 Å². The summed E-state index contributed by atoms with van der Waals surface area (Å²) in [6.45, 7) is 1.14. The molecule has 2 atom stereocenters. The molecule has 1 saturated heterocycles. The molecule has 0 spiro atoms. The summed E-state index contributed by atoms with van der Waals surface area (Å²) in [6, 6.07) is 9.53. The minimum Gasteiger partial charge on any atom is -0.369 e. The molecule has 3 rings (SSSR count). The van der Waals surface area contributed by atoms with Gasteiger partial charge in [0.05, 0.1) is 0 Å². The standard InChI is InChI=1S/C20H18F7NO/c1-28-10-16(17(11-28)13-4-8-15(21)9-5-13)12-2-6-14(7-3-12)18(29,19(22,23)24)20(25,26)27/h2-9,16-17,29H,10-11H2,1H3. The van der Waals surface area contributed by atoms with E-state index in [-0.39, 0.29) is 11.8 Å². The zero-order chi connectivity index (χ0) is 21.6. The molecule has 0 bridgehead atoms. The molecule has 29 heavy (non-hydrogen) atoms. The van der Waals surface area contributed by atoms with Gasteiger partial charge >= 0.3 is 12.4 Å². The summed E-state index contributed by atoms with van der Waals surface area (Å²) in [5.41, 5.74) is -4.86. The molecule has 0 aromatic heterocycles. The molecule has 158 valence electrons. The first kappa shape index (κ1) is 21.6. The number of rotatable bonds is 3. The summed E-state index contributed by atoms with van der Waals surface area (Å²) in [5, 5.41) is 9.52. The second kappa shape index (κ2) is 7.28. The maximum Gasteiger partial charge on any atom is 0.430 e. The molecule has 1 N–H and O–H groups in total. The van der Waals surface area contributed by atoms with Crippen LogP contribution in [0.1, 0.15) is 28.5 Å². The van der Waals surface area contributed by atoms with Gasteiger partial charge in [0.25, 0.3) is 5.60 Å². The quantitative estimate of drug-likeness (QED) is 0.709. The van der Waals surface area contributed by atoms with E-state index in [4.69, 9.17) is 0 Å². The first-order valence-electron chi connectivity index (χ1n) is 8.75. The van der Waals surface area contributed by atoms with Crippen molar-refractivity contribution in [2.75, 3.05) is 20.1 Å². The van der Waals surface area contributed by atoms with Crippen LogP contribution < -0.4 is 0 Å². The number of halogens is 7. The first-order valence-corrected chi connectivity index (χ1v) is 8.75. The summed E-state index contributed by atoms with van der Waals surface area (Å²) in [4.78, 5) is 1.98. The van der Waals surface area contributed by atoms with Crippen molar-refractivity contribution in [3.63, 3.8) is 0 Å². The lowest BCUT2D eigenvalue weighted by molar-refractivity contribution is -0.376. The highest BCUT2D eigenvalue weighted by Gasteiger charge is 2.71. The fraction of sp³-hybridized carbons (Fsp3) is 0.400. The third-order valence-electron chi connectivity index (χ3n) is 5.38. The van der Waals surface area contributed by atoms with Crippen molar-refractivity contribution in [1.82, 2.24) is 4.90 Å². The highest BCUT2D eigenvalue weighted by molar-refractivity contribution is 5.36.